The van der Waals surface area contributed by atoms with Crippen LogP contribution in [0.1, 0.15) is 20.3 Å². The molecule has 0 saturated carbocycles. The maximum atomic E-state index is 11.8. The molecule has 0 unspecified atom stereocenters. The summed E-state index contributed by atoms with van der Waals surface area (Å²) in [6.45, 7) is 4.29. The lowest BCUT2D eigenvalue weighted by Gasteiger charge is -2.16. The minimum absolute atomic E-state index is 0.0220. The van der Waals surface area contributed by atoms with E-state index >= 15 is 0 Å². The molecule has 1 N–H and O–H groups in total. The minimum atomic E-state index is 0.0220. The molecule has 1 heterocycles. The van der Waals surface area contributed by atoms with Crippen LogP contribution in [0, 0.1) is 0 Å². The number of aromatic nitrogens is 2. The number of H-pyrrole nitrogens is 1. The third kappa shape index (κ3) is 2.31. The second kappa shape index (κ2) is 5.16. The summed E-state index contributed by atoms with van der Waals surface area (Å²) < 4.78 is 0. The summed E-state index contributed by atoms with van der Waals surface area (Å²) in [6, 6.07) is 3.39. The highest BCUT2D eigenvalue weighted by molar-refractivity contribution is 6.42. The summed E-state index contributed by atoms with van der Waals surface area (Å²) in [5, 5.41) is 0.913. The standard InChI is InChI=1S/C12H13Cl2N3O/c1-3-11(18)17(4-2)12-15-9-5-7(13)8(14)6-10(9)16-12/h5-6H,3-4H2,1-2H3,(H,15,16). The number of benzene rings is 1. The molecule has 0 spiro atoms. The van der Waals surface area contributed by atoms with Gasteiger partial charge in [0.15, 0.2) is 0 Å². The Morgan fingerprint density at radius 3 is 2.61 bits per heavy atom. The first-order valence-corrected chi connectivity index (χ1v) is 6.47. The van der Waals surface area contributed by atoms with E-state index in [-0.39, 0.29) is 5.91 Å². The van der Waals surface area contributed by atoms with Crippen LogP contribution in [0.25, 0.3) is 11.0 Å². The van der Waals surface area contributed by atoms with Gasteiger partial charge in [-0.3, -0.25) is 9.69 Å². The van der Waals surface area contributed by atoms with E-state index in [9.17, 15) is 4.79 Å². The first-order valence-electron chi connectivity index (χ1n) is 5.72. The van der Waals surface area contributed by atoms with Crippen molar-refractivity contribution >= 4 is 46.1 Å². The van der Waals surface area contributed by atoms with Crippen LogP contribution in [0.2, 0.25) is 10.0 Å². The smallest absolute Gasteiger partial charge is 0.229 e. The summed E-state index contributed by atoms with van der Waals surface area (Å²) in [5.41, 5.74) is 1.46. The van der Waals surface area contributed by atoms with Crippen molar-refractivity contribution in [3.05, 3.63) is 22.2 Å². The summed E-state index contributed by atoms with van der Waals surface area (Å²) in [5.74, 6) is 0.548. The Labute approximate surface area is 115 Å². The highest BCUT2D eigenvalue weighted by atomic mass is 35.5. The summed E-state index contributed by atoms with van der Waals surface area (Å²) in [4.78, 5) is 20.8. The predicted molar refractivity (Wildman–Crippen MR) is 74.4 cm³/mol. The molecule has 0 saturated heterocycles. The van der Waals surface area contributed by atoms with Crippen LogP contribution in [0.15, 0.2) is 12.1 Å². The van der Waals surface area contributed by atoms with Crippen molar-refractivity contribution in [2.75, 3.05) is 11.4 Å². The largest absolute Gasteiger partial charge is 0.324 e. The van der Waals surface area contributed by atoms with E-state index in [1.807, 2.05) is 13.8 Å². The molecule has 1 amide bonds. The molecule has 2 rings (SSSR count). The van der Waals surface area contributed by atoms with Gasteiger partial charge < -0.3 is 4.98 Å². The first-order chi connectivity index (χ1) is 8.56. The lowest BCUT2D eigenvalue weighted by atomic mass is 10.3. The van der Waals surface area contributed by atoms with Crippen LogP contribution < -0.4 is 4.90 Å². The third-order valence-electron chi connectivity index (χ3n) is 2.69. The third-order valence-corrected chi connectivity index (χ3v) is 3.41. The fraction of sp³-hybridized carbons (Fsp3) is 0.333. The van der Waals surface area contributed by atoms with Crippen molar-refractivity contribution < 1.29 is 4.79 Å². The number of anilines is 1. The lowest BCUT2D eigenvalue weighted by molar-refractivity contribution is -0.118. The number of hydrogen-bond donors (Lipinski definition) is 1. The number of imidazole rings is 1. The lowest BCUT2D eigenvalue weighted by Crippen LogP contribution is -2.30. The van der Waals surface area contributed by atoms with Crippen molar-refractivity contribution in [1.82, 2.24) is 9.97 Å². The molecular weight excluding hydrogens is 273 g/mol. The fourth-order valence-electron chi connectivity index (χ4n) is 1.75. The van der Waals surface area contributed by atoms with Gasteiger partial charge in [-0.2, -0.15) is 0 Å². The molecule has 0 radical (unpaired) electrons. The monoisotopic (exact) mass is 285 g/mol. The SMILES string of the molecule is CCC(=O)N(CC)c1nc2cc(Cl)c(Cl)cc2[nH]1. The number of amides is 1. The molecule has 0 aliphatic rings. The van der Waals surface area contributed by atoms with Crippen molar-refractivity contribution in [1.29, 1.82) is 0 Å². The number of nitrogens with zero attached hydrogens (tertiary/aromatic N) is 2. The van der Waals surface area contributed by atoms with Gasteiger partial charge in [0, 0.05) is 13.0 Å². The number of hydrogen-bond acceptors (Lipinski definition) is 2. The predicted octanol–water partition coefficient (Wildman–Crippen LogP) is 3.63. The number of fused-ring (bicyclic) bond motifs is 1. The molecule has 96 valence electrons. The second-order valence-corrected chi connectivity index (χ2v) is 4.65. The molecule has 1 aromatic heterocycles. The van der Waals surface area contributed by atoms with Gasteiger partial charge in [0.1, 0.15) is 0 Å². The Morgan fingerprint density at radius 1 is 1.33 bits per heavy atom. The zero-order valence-electron chi connectivity index (χ0n) is 10.1. The molecule has 4 nitrogen and oxygen atoms in total. The van der Waals surface area contributed by atoms with Gasteiger partial charge in [0.05, 0.1) is 21.1 Å². The number of halogens is 2. The number of carbonyl (C=O) groups excluding carboxylic acids is 1. The number of carbonyl (C=O) groups is 1. The first kappa shape index (κ1) is 13.2. The summed E-state index contributed by atoms with van der Waals surface area (Å²) in [7, 11) is 0. The van der Waals surface area contributed by atoms with Gasteiger partial charge in [-0.15, -0.1) is 0 Å². The van der Waals surface area contributed by atoms with Gasteiger partial charge in [-0.1, -0.05) is 30.1 Å². The Kier molecular flexibility index (Phi) is 3.78. The van der Waals surface area contributed by atoms with E-state index in [1.54, 1.807) is 17.0 Å². The van der Waals surface area contributed by atoms with Crippen molar-refractivity contribution in [2.45, 2.75) is 20.3 Å². The van der Waals surface area contributed by atoms with Crippen molar-refractivity contribution in [2.24, 2.45) is 0 Å². The zero-order valence-corrected chi connectivity index (χ0v) is 11.6. The van der Waals surface area contributed by atoms with Gasteiger partial charge in [0.2, 0.25) is 11.9 Å². The van der Waals surface area contributed by atoms with Gasteiger partial charge in [-0.25, -0.2) is 4.98 Å². The number of rotatable bonds is 3. The summed E-state index contributed by atoms with van der Waals surface area (Å²) in [6.07, 6.45) is 0.437. The minimum Gasteiger partial charge on any atom is -0.324 e. The van der Waals surface area contributed by atoms with Crippen LogP contribution in [-0.4, -0.2) is 22.4 Å². The molecule has 0 aliphatic heterocycles. The molecule has 0 aliphatic carbocycles. The molecule has 6 heteroatoms. The van der Waals surface area contributed by atoms with E-state index < -0.39 is 0 Å². The Balaban J connectivity index is 2.49. The van der Waals surface area contributed by atoms with Crippen molar-refractivity contribution in [3.8, 4) is 0 Å². The van der Waals surface area contributed by atoms with Gasteiger partial charge in [-0.05, 0) is 19.1 Å². The van der Waals surface area contributed by atoms with E-state index in [4.69, 9.17) is 23.2 Å². The molecule has 1 aromatic carbocycles. The number of aromatic amines is 1. The second-order valence-electron chi connectivity index (χ2n) is 3.84. The Hall–Kier alpha value is -1.26. The van der Waals surface area contributed by atoms with Crippen LogP contribution in [0.5, 0.6) is 0 Å². The highest BCUT2D eigenvalue weighted by Crippen LogP contribution is 2.28. The van der Waals surface area contributed by atoms with E-state index in [1.165, 1.54) is 0 Å². The van der Waals surface area contributed by atoms with Crippen LogP contribution in [-0.2, 0) is 4.79 Å². The Bertz CT molecular complexity index is 555. The number of nitrogens with one attached hydrogen (secondary N) is 1. The van der Waals surface area contributed by atoms with Crippen LogP contribution in [0.4, 0.5) is 5.95 Å². The molecule has 0 fully saturated rings. The molecule has 18 heavy (non-hydrogen) atoms. The van der Waals surface area contributed by atoms with Crippen molar-refractivity contribution in [3.63, 3.8) is 0 Å². The Morgan fingerprint density at radius 2 is 2.00 bits per heavy atom. The van der Waals surface area contributed by atoms with Crippen LogP contribution >= 0.6 is 23.2 Å². The fourth-order valence-corrected chi connectivity index (χ4v) is 2.08. The molecular formula is C12H13Cl2N3O. The van der Waals surface area contributed by atoms with Gasteiger partial charge >= 0.3 is 0 Å². The maximum absolute atomic E-state index is 11.8. The normalized spacial score (nSPS) is 10.9. The highest BCUT2D eigenvalue weighted by Gasteiger charge is 2.16. The molecule has 0 atom stereocenters. The topological polar surface area (TPSA) is 49.0 Å². The quantitative estimate of drug-likeness (QED) is 0.936. The van der Waals surface area contributed by atoms with Gasteiger partial charge in [0.25, 0.3) is 0 Å². The van der Waals surface area contributed by atoms with Crippen LogP contribution in [0.3, 0.4) is 0 Å². The van der Waals surface area contributed by atoms with E-state index in [0.717, 1.165) is 5.52 Å². The summed E-state index contributed by atoms with van der Waals surface area (Å²) >= 11 is 11.9. The maximum Gasteiger partial charge on any atom is 0.229 e. The molecule has 0 bridgehead atoms. The average Bonchev–Trinajstić information content (AvgIpc) is 2.73. The molecule has 2 aromatic rings. The van der Waals surface area contributed by atoms with E-state index in [2.05, 4.69) is 9.97 Å². The zero-order chi connectivity index (χ0) is 13.3. The average molecular weight is 286 g/mol. The van der Waals surface area contributed by atoms with E-state index in [0.29, 0.717) is 34.5 Å².